The summed E-state index contributed by atoms with van der Waals surface area (Å²) in [6.45, 7) is 4.85. The molecule has 0 radical (unpaired) electrons. The zero-order valence-electron chi connectivity index (χ0n) is 13.7. The highest BCUT2D eigenvalue weighted by atomic mass is 32.1. The highest BCUT2D eigenvalue weighted by Crippen LogP contribution is 2.27. The minimum absolute atomic E-state index is 0.174. The van der Waals surface area contributed by atoms with Crippen molar-refractivity contribution in [1.29, 1.82) is 0 Å². The van der Waals surface area contributed by atoms with E-state index in [0.29, 0.717) is 35.1 Å². The Morgan fingerprint density at radius 3 is 2.92 bits per heavy atom. The van der Waals surface area contributed by atoms with Crippen LogP contribution in [0.3, 0.4) is 0 Å². The number of hydrogen-bond donors (Lipinski definition) is 1. The standard InChI is InChI=1S/C18H19N3O2S/c1-12(2)5-7-19-18(23)16-15(14-6-9-24-11-14)20-17-13(10-22)4-3-8-21(16)17/h3-4,6,8-12H,5,7H2,1-2H3,(H,19,23). The van der Waals surface area contributed by atoms with Crippen LogP contribution in [0.5, 0.6) is 0 Å². The summed E-state index contributed by atoms with van der Waals surface area (Å²) in [5.41, 5.74) is 2.93. The van der Waals surface area contributed by atoms with Gasteiger partial charge in [0.25, 0.3) is 5.91 Å². The van der Waals surface area contributed by atoms with Gasteiger partial charge in [-0.15, -0.1) is 0 Å². The van der Waals surface area contributed by atoms with Gasteiger partial charge >= 0.3 is 0 Å². The van der Waals surface area contributed by atoms with Gasteiger partial charge in [-0.3, -0.25) is 14.0 Å². The molecular formula is C18H19N3O2S. The van der Waals surface area contributed by atoms with Crippen LogP contribution < -0.4 is 5.32 Å². The van der Waals surface area contributed by atoms with Crippen molar-refractivity contribution >= 4 is 29.2 Å². The van der Waals surface area contributed by atoms with E-state index < -0.39 is 0 Å². The summed E-state index contributed by atoms with van der Waals surface area (Å²) in [6.07, 6.45) is 3.44. The van der Waals surface area contributed by atoms with Gasteiger partial charge in [0.05, 0.1) is 5.56 Å². The van der Waals surface area contributed by atoms with Crippen molar-refractivity contribution in [2.45, 2.75) is 20.3 Å². The normalized spacial score (nSPS) is 11.1. The van der Waals surface area contributed by atoms with E-state index in [0.717, 1.165) is 18.3 Å². The molecule has 3 aromatic rings. The number of carbonyl (C=O) groups is 2. The van der Waals surface area contributed by atoms with Crippen molar-refractivity contribution in [3.8, 4) is 11.3 Å². The predicted molar refractivity (Wildman–Crippen MR) is 95.7 cm³/mol. The van der Waals surface area contributed by atoms with Crippen molar-refractivity contribution in [3.63, 3.8) is 0 Å². The maximum atomic E-state index is 12.8. The van der Waals surface area contributed by atoms with Gasteiger partial charge in [-0.1, -0.05) is 13.8 Å². The molecule has 24 heavy (non-hydrogen) atoms. The molecule has 1 amide bonds. The second-order valence-electron chi connectivity index (χ2n) is 6.03. The Kier molecular flexibility index (Phi) is 4.76. The van der Waals surface area contributed by atoms with Crippen LogP contribution in [0.15, 0.2) is 35.2 Å². The van der Waals surface area contributed by atoms with Crippen molar-refractivity contribution in [1.82, 2.24) is 14.7 Å². The van der Waals surface area contributed by atoms with Crippen LogP contribution in [0, 0.1) is 5.92 Å². The molecule has 1 N–H and O–H groups in total. The number of carbonyl (C=O) groups excluding carboxylic acids is 2. The first kappa shape index (κ1) is 16.4. The molecule has 0 bridgehead atoms. The molecule has 5 nitrogen and oxygen atoms in total. The molecule has 0 aliphatic rings. The molecule has 6 heteroatoms. The summed E-state index contributed by atoms with van der Waals surface area (Å²) >= 11 is 1.55. The average Bonchev–Trinajstić information content (AvgIpc) is 3.20. The minimum Gasteiger partial charge on any atom is -0.351 e. The molecule has 3 rings (SSSR count). The van der Waals surface area contributed by atoms with Crippen LogP contribution in [0.1, 0.15) is 41.1 Å². The zero-order valence-corrected chi connectivity index (χ0v) is 14.5. The number of nitrogens with one attached hydrogen (secondary N) is 1. The van der Waals surface area contributed by atoms with E-state index in [1.54, 1.807) is 34.1 Å². The van der Waals surface area contributed by atoms with E-state index in [2.05, 4.69) is 24.1 Å². The molecule has 0 unspecified atom stereocenters. The van der Waals surface area contributed by atoms with E-state index in [1.165, 1.54) is 0 Å². The Morgan fingerprint density at radius 1 is 1.42 bits per heavy atom. The summed E-state index contributed by atoms with van der Waals surface area (Å²) < 4.78 is 1.70. The van der Waals surface area contributed by atoms with Crippen LogP contribution in [0.25, 0.3) is 16.9 Å². The number of aromatic nitrogens is 2. The van der Waals surface area contributed by atoms with Crippen molar-refractivity contribution in [2.24, 2.45) is 5.92 Å². The highest BCUT2D eigenvalue weighted by molar-refractivity contribution is 7.08. The van der Waals surface area contributed by atoms with Crippen LogP contribution in [0.4, 0.5) is 0 Å². The Labute approximate surface area is 144 Å². The zero-order chi connectivity index (χ0) is 17.1. The largest absolute Gasteiger partial charge is 0.351 e. The number of rotatable bonds is 6. The molecule has 0 saturated carbocycles. The number of nitrogens with zero attached hydrogens (tertiary/aromatic N) is 2. The topological polar surface area (TPSA) is 63.5 Å². The maximum absolute atomic E-state index is 12.8. The fraction of sp³-hybridized carbons (Fsp3) is 0.278. The third-order valence-electron chi connectivity index (χ3n) is 3.82. The lowest BCUT2D eigenvalue weighted by atomic mass is 10.1. The molecule has 0 atom stereocenters. The molecule has 0 aliphatic carbocycles. The number of aldehydes is 1. The summed E-state index contributed by atoms with van der Waals surface area (Å²) in [5.74, 6) is 0.345. The molecular weight excluding hydrogens is 322 g/mol. The van der Waals surface area contributed by atoms with Gasteiger partial charge < -0.3 is 5.32 Å². The second kappa shape index (κ2) is 6.97. The highest BCUT2D eigenvalue weighted by Gasteiger charge is 2.21. The Balaban J connectivity index is 2.08. The first-order chi connectivity index (χ1) is 11.6. The predicted octanol–water partition coefficient (Wildman–Crippen LogP) is 3.65. The lowest BCUT2D eigenvalue weighted by molar-refractivity contribution is 0.0946. The summed E-state index contributed by atoms with van der Waals surface area (Å²) in [5, 5.41) is 6.86. The summed E-state index contributed by atoms with van der Waals surface area (Å²) in [4.78, 5) is 28.6. The molecule has 0 saturated heterocycles. The van der Waals surface area contributed by atoms with Gasteiger partial charge in [-0.25, -0.2) is 4.98 Å². The van der Waals surface area contributed by atoms with Gasteiger partial charge in [-0.2, -0.15) is 11.3 Å². The van der Waals surface area contributed by atoms with Gasteiger partial charge in [-0.05, 0) is 35.9 Å². The number of thiophene rings is 1. The number of amides is 1. The first-order valence-corrected chi connectivity index (χ1v) is 8.83. The van der Waals surface area contributed by atoms with E-state index in [9.17, 15) is 9.59 Å². The Hall–Kier alpha value is -2.47. The number of pyridine rings is 1. The third-order valence-corrected chi connectivity index (χ3v) is 4.51. The number of imidazole rings is 1. The van der Waals surface area contributed by atoms with E-state index in [4.69, 9.17) is 0 Å². The van der Waals surface area contributed by atoms with E-state index in [1.807, 2.05) is 16.8 Å². The second-order valence-corrected chi connectivity index (χ2v) is 6.81. The van der Waals surface area contributed by atoms with Crippen LogP contribution >= 0.6 is 11.3 Å². The summed E-state index contributed by atoms with van der Waals surface area (Å²) in [6, 6.07) is 5.38. The lowest BCUT2D eigenvalue weighted by Crippen LogP contribution is -2.27. The minimum atomic E-state index is -0.174. The number of fused-ring (bicyclic) bond motifs is 1. The molecule has 3 aromatic heterocycles. The van der Waals surface area contributed by atoms with E-state index >= 15 is 0 Å². The van der Waals surface area contributed by atoms with Crippen LogP contribution in [-0.4, -0.2) is 28.1 Å². The first-order valence-electron chi connectivity index (χ1n) is 7.89. The van der Waals surface area contributed by atoms with Gasteiger partial charge in [0, 0.05) is 23.7 Å². The maximum Gasteiger partial charge on any atom is 0.270 e. The molecule has 0 spiro atoms. The Morgan fingerprint density at radius 2 is 2.25 bits per heavy atom. The van der Waals surface area contributed by atoms with Gasteiger partial charge in [0.1, 0.15) is 17.0 Å². The third kappa shape index (κ3) is 3.10. The number of hydrogen-bond acceptors (Lipinski definition) is 4. The van der Waals surface area contributed by atoms with Gasteiger partial charge in [0.15, 0.2) is 6.29 Å². The van der Waals surface area contributed by atoms with Gasteiger partial charge in [0.2, 0.25) is 0 Å². The fourth-order valence-corrected chi connectivity index (χ4v) is 3.20. The van der Waals surface area contributed by atoms with Crippen LogP contribution in [-0.2, 0) is 0 Å². The lowest BCUT2D eigenvalue weighted by Gasteiger charge is -2.08. The molecule has 0 aromatic carbocycles. The smallest absolute Gasteiger partial charge is 0.270 e. The fourth-order valence-electron chi connectivity index (χ4n) is 2.56. The molecule has 3 heterocycles. The van der Waals surface area contributed by atoms with Crippen molar-refractivity contribution in [2.75, 3.05) is 6.54 Å². The SMILES string of the molecule is CC(C)CCNC(=O)c1c(-c2ccsc2)nc2c(C=O)cccn12. The summed E-state index contributed by atoms with van der Waals surface area (Å²) in [7, 11) is 0. The molecule has 124 valence electrons. The Bertz CT molecular complexity index is 866. The van der Waals surface area contributed by atoms with Crippen LogP contribution in [0.2, 0.25) is 0 Å². The quantitative estimate of drug-likeness (QED) is 0.696. The average molecular weight is 341 g/mol. The monoisotopic (exact) mass is 341 g/mol. The van der Waals surface area contributed by atoms with E-state index in [-0.39, 0.29) is 5.91 Å². The van der Waals surface area contributed by atoms with Crippen molar-refractivity contribution in [3.05, 3.63) is 46.4 Å². The molecule has 0 aliphatic heterocycles. The van der Waals surface area contributed by atoms with Crippen molar-refractivity contribution < 1.29 is 9.59 Å². The molecule has 0 fully saturated rings.